The molecule has 0 aliphatic carbocycles. The third-order valence-corrected chi connectivity index (χ3v) is 3.12. The zero-order valence-corrected chi connectivity index (χ0v) is 10.7. The van der Waals surface area contributed by atoms with Crippen LogP contribution in [0.2, 0.25) is 0 Å². The van der Waals surface area contributed by atoms with Crippen molar-refractivity contribution < 1.29 is 13.2 Å². The highest BCUT2D eigenvalue weighted by Crippen LogP contribution is 2.36. The number of benzene rings is 1. The lowest BCUT2D eigenvalue weighted by Gasteiger charge is -2.11. The van der Waals surface area contributed by atoms with Crippen LogP contribution in [0.5, 0.6) is 0 Å². The fraction of sp³-hybridized carbons (Fsp3) is 0.200. The minimum atomic E-state index is -4.44. The second-order valence-electron chi connectivity index (χ2n) is 3.63. The van der Waals surface area contributed by atoms with E-state index in [-0.39, 0.29) is 16.0 Å². The number of nitrogen functional groups attached to an aromatic ring is 1. The van der Waals surface area contributed by atoms with Gasteiger partial charge in [0, 0.05) is 4.47 Å². The molecule has 1 aromatic carbocycles. The molecular weight excluding hydrogens is 313 g/mol. The van der Waals surface area contributed by atoms with Crippen molar-refractivity contribution in [2.45, 2.75) is 13.1 Å². The Morgan fingerprint density at radius 2 is 2.00 bits per heavy atom. The number of hydrogen-bond donors (Lipinski definition) is 1. The van der Waals surface area contributed by atoms with E-state index in [1.54, 1.807) is 6.92 Å². The van der Waals surface area contributed by atoms with E-state index in [0.29, 0.717) is 5.69 Å². The van der Waals surface area contributed by atoms with Crippen molar-refractivity contribution in [2.75, 3.05) is 5.73 Å². The first kappa shape index (κ1) is 12.9. The maximum atomic E-state index is 12.8. The lowest BCUT2D eigenvalue weighted by atomic mass is 10.2. The van der Waals surface area contributed by atoms with Gasteiger partial charge in [0.1, 0.15) is 0 Å². The van der Waals surface area contributed by atoms with E-state index in [1.807, 2.05) is 0 Å². The van der Waals surface area contributed by atoms with Gasteiger partial charge in [0.05, 0.1) is 16.9 Å². The Morgan fingerprint density at radius 3 is 2.50 bits per heavy atom. The molecule has 0 bridgehead atoms. The molecule has 0 saturated carbocycles. The number of halogens is 4. The number of anilines is 1. The molecule has 0 radical (unpaired) electrons. The molecule has 0 spiro atoms. The average Bonchev–Trinajstić information content (AvgIpc) is 2.59. The topological polar surface area (TPSA) is 56.7 Å². The molecule has 0 aliphatic rings. The Morgan fingerprint density at radius 1 is 1.33 bits per heavy atom. The summed E-state index contributed by atoms with van der Waals surface area (Å²) in [4.78, 5) is 0. The minimum absolute atomic E-state index is 0.0236. The summed E-state index contributed by atoms with van der Waals surface area (Å²) in [7, 11) is 0. The van der Waals surface area contributed by atoms with Crippen LogP contribution in [0, 0.1) is 6.92 Å². The minimum Gasteiger partial charge on any atom is -0.381 e. The van der Waals surface area contributed by atoms with Crippen LogP contribution in [0.4, 0.5) is 19.0 Å². The fourth-order valence-corrected chi connectivity index (χ4v) is 1.92. The Balaban J connectivity index is 2.58. The third-order valence-electron chi connectivity index (χ3n) is 2.43. The molecule has 0 unspecified atom stereocenters. The smallest absolute Gasteiger partial charge is 0.381 e. The van der Waals surface area contributed by atoms with Crippen molar-refractivity contribution in [3.05, 3.63) is 33.9 Å². The first-order valence-electron chi connectivity index (χ1n) is 4.85. The van der Waals surface area contributed by atoms with Gasteiger partial charge in [-0.1, -0.05) is 21.1 Å². The van der Waals surface area contributed by atoms with E-state index in [2.05, 4.69) is 26.2 Å². The van der Waals surface area contributed by atoms with Crippen LogP contribution >= 0.6 is 15.9 Å². The van der Waals surface area contributed by atoms with Gasteiger partial charge in [-0.2, -0.15) is 13.2 Å². The highest BCUT2D eigenvalue weighted by molar-refractivity contribution is 9.10. The summed E-state index contributed by atoms with van der Waals surface area (Å²) in [5.74, 6) is 0.187. The van der Waals surface area contributed by atoms with Crippen molar-refractivity contribution in [2.24, 2.45) is 0 Å². The molecule has 0 amide bonds. The molecule has 8 heteroatoms. The van der Waals surface area contributed by atoms with Gasteiger partial charge in [-0.15, -0.1) is 5.10 Å². The lowest BCUT2D eigenvalue weighted by molar-refractivity contribution is -0.138. The molecule has 2 N–H and O–H groups in total. The monoisotopic (exact) mass is 320 g/mol. The van der Waals surface area contributed by atoms with E-state index >= 15 is 0 Å². The maximum Gasteiger partial charge on any atom is 0.417 e. The molecule has 2 rings (SSSR count). The Kier molecular flexibility index (Phi) is 3.05. The van der Waals surface area contributed by atoms with Crippen LogP contribution in [0.3, 0.4) is 0 Å². The van der Waals surface area contributed by atoms with Gasteiger partial charge in [-0.05, 0) is 25.1 Å². The Hall–Kier alpha value is -1.57. The summed E-state index contributed by atoms with van der Waals surface area (Å²) in [5, 5.41) is 7.30. The number of nitrogens with zero attached hydrogens (tertiary/aromatic N) is 3. The standard InChI is InChI=1S/C10H8BrF3N4/c1-5-9(15)16-17-18(5)6-2-3-8(11)7(4-6)10(12,13)14/h2-4H,15H2,1H3. The molecule has 2 aromatic rings. The zero-order chi connectivity index (χ0) is 13.5. The van der Waals surface area contributed by atoms with Crippen LogP contribution in [-0.4, -0.2) is 15.0 Å². The molecule has 1 heterocycles. The van der Waals surface area contributed by atoms with Crippen LogP contribution < -0.4 is 5.73 Å². The van der Waals surface area contributed by atoms with Gasteiger partial charge in [0.2, 0.25) is 0 Å². The first-order chi connectivity index (χ1) is 8.30. The highest BCUT2D eigenvalue weighted by Gasteiger charge is 2.33. The number of aromatic nitrogens is 3. The maximum absolute atomic E-state index is 12.8. The molecule has 0 atom stereocenters. The van der Waals surface area contributed by atoms with Gasteiger partial charge in [-0.25, -0.2) is 4.68 Å². The van der Waals surface area contributed by atoms with Gasteiger partial charge >= 0.3 is 6.18 Å². The zero-order valence-electron chi connectivity index (χ0n) is 9.16. The highest BCUT2D eigenvalue weighted by atomic mass is 79.9. The second-order valence-corrected chi connectivity index (χ2v) is 4.49. The summed E-state index contributed by atoms with van der Waals surface area (Å²) < 4.78 is 39.5. The van der Waals surface area contributed by atoms with Gasteiger partial charge in [-0.3, -0.25) is 0 Å². The molecule has 4 nitrogen and oxygen atoms in total. The summed E-state index contributed by atoms with van der Waals surface area (Å²) >= 11 is 2.87. The van der Waals surface area contributed by atoms with Crippen molar-refractivity contribution in [3.8, 4) is 5.69 Å². The van der Waals surface area contributed by atoms with Crippen molar-refractivity contribution in [1.82, 2.24) is 15.0 Å². The van der Waals surface area contributed by atoms with Gasteiger partial charge < -0.3 is 5.73 Å². The average molecular weight is 321 g/mol. The largest absolute Gasteiger partial charge is 0.417 e. The van der Waals surface area contributed by atoms with E-state index < -0.39 is 11.7 Å². The van der Waals surface area contributed by atoms with Crippen molar-refractivity contribution in [3.63, 3.8) is 0 Å². The normalized spacial score (nSPS) is 11.8. The summed E-state index contributed by atoms with van der Waals surface area (Å²) in [6.45, 7) is 1.63. The van der Waals surface area contributed by atoms with Crippen LogP contribution in [0.1, 0.15) is 11.3 Å². The third kappa shape index (κ3) is 2.20. The molecule has 18 heavy (non-hydrogen) atoms. The Bertz CT molecular complexity index is 591. The van der Waals surface area contributed by atoms with Crippen molar-refractivity contribution in [1.29, 1.82) is 0 Å². The second kappa shape index (κ2) is 4.27. The van der Waals surface area contributed by atoms with E-state index in [0.717, 1.165) is 6.07 Å². The number of nitrogens with two attached hydrogens (primary N) is 1. The fourth-order valence-electron chi connectivity index (χ4n) is 1.45. The summed E-state index contributed by atoms with van der Waals surface area (Å²) in [6, 6.07) is 3.81. The van der Waals surface area contributed by atoms with E-state index in [9.17, 15) is 13.2 Å². The number of hydrogen-bond acceptors (Lipinski definition) is 3. The van der Waals surface area contributed by atoms with Crippen LogP contribution in [0.25, 0.3) is 5.69 Å². The SMILES string of the molecule is Cc1c(N)nnn1-c1ccc(Br)c(C(F)(F)F)c1. The summed E-state index contributed by atoms with van der Waals surface area (Å²) in [5.41, 5.74) is 5.48. The quantitative estimate of drug-likeness (QED) is 0.879. The van der Waals surface area contributed by atoms with Crippen LogP contribution in [0.15, 0.2) is 22.7 Å². The van der Waals surface area contributed by atoms with Crippen LogP contribution in [-0.2, 0) is 6.18 Å². The summed E-state index contributed by atoms with van der Waals surface area (Å²) in [6.07, 6.45) is -4.44. The molecule has 96 valence electrons. The lowest BCUT2D eigenvalue weighted by Crippen LogP contribution is -2.08. The first-order valence-corrected chi connectivity index (χ1v) is 5.65. The number of alkyl halides is 3. The molecule has 0 aliphatic heterocycles. The van der Waals surface area contributed by atoms with Gasteiger partial charge in [0.15, 0.2) is 5.82 Å². The van der Waals surface area contributed by atoms with Gasteiger partial charge in [0.25, 0.3) is 0 Å². The predicted octanol–water partition coefficient (Wildman–Crippen LogP) is 2.94. The Labute approximate surface area is 109 Å². The van der Waals surface area contributed by atoms with Crippen molar-refractivity contribution >= 4 is 21.7 Å². The predicted molar refractivity (Wildman–Crippen MR) is 63.2 cm³/mol. The van der Waals surface area contributed by atoms with E-state index in [4.69, 9.17) is 5.73 Å². The molecular formula is C10H8BrF3N4. The molecule has 0 saturated heterocycles. The molecule has 1 aromatic heterocycles. The molecule has 0 fully saturated rings. The number of rotatable bonds is 1. The van der Waals surface area contributed by atoms with E-state index in [1.165, 1.54) is 16.8 Å².